The van der Waals surface area contributed by atoms with Gasteiger partial charge in [0.25, 0.3) is 5.91 Å². The van der Waals surface area contributed by atoms with Gasteiger partial charge in [0.1, 0.15) is 16.4 Å². The highest BCUT2D eigenvalue weighted by molar-refractivity contribution is 7.18. The Labute approximate surface area is 171 Å². The van der Waals surface area contributed by atoms with Crippen LogP contribution < -0.4 is 5.32 Å². The molecule has 0 atom stereocenters. The predicted octanol–water partition coefficient (Wildman–Crippen LogP) is 3.10. The number of fused-ring (bicyclic) bond motifs is 1. The highest BCUT2D eigenvalue weighted by Gasteiger charge is 2.27. The molecule has 1 aliphatic heterocycles. The lowest BCUT2D eigenvalue weighted by Gasteiger charge is -2.27. The van der Waals surface area contributed by atoms with Crippen LogP contribution in [0.5, 0.6) is 0 Å². The molecule has 1 fully saturated rings. The van der Waals surface area contributed by atoms with Crippen LogP contribution in [0.25, 0.3) is 32.0 Å². The van der Waals surface area contributed by atoms with Crippen LogP contribution in [-0.2, 0) is 0 Å². The average Bonchev–Trinajstić information content (AvgIpc) is 3.40. The smallest absolute Gasteiger partial charge is 0.274 e. The molecule has 0 unspecified atom stereocenters. The predicted molar refractivity (Wildman–Crippen MR) is 114 cm³/mol. The van der Waals surface area contributed by atoms with Gasteiger partial charge in [0, 0.05) is 49.5 Å². The van der Waals surface area contributed by atoms with E-state index in [9.17, 15) is 4.79 Å². The first-order chi connectivity index (χ1) is 14.2. The van der Waals surface area contributed by atoms with E-state index in [1.165, 1.54) is 11.3 Å². The number of nitrogens with one attached hydrogen (secondary N) is 2. The number of H-pyrrole nitrogens is 1. The van der Waals surface area contributed by atoms with Crippen molar-refractivity contribution in [3.8, 4) is 21.1 Å². The van der Waals surface area contributed by atoms with Crippen molar-refractivity contribution in [3.63, 3.8) is 0 Å². The highest BCUT2D eigenvalue weighted by Crippen LogP contribution is 2.37. The van der Waals surface area contributed by atoms with Crippen molar-refractivity contribution in [1.29, 1.82) is 0 Å². The van der Waals surface area contributed by atoms with Gasteiger partial charge in [-0.05, 0) is 18.6 Å². The lowest BCUT2D eigenvalue weighted by molar-refractivity contribution is 0.0731. The number of rotatable bonds is 3. The van der Waals surface area contributed by atoms with Gasteiger partial charge in [0.05, 0.1) is 10.4 Å². The maximum Gasteiger partial charge on any atom is 0.274 e. The van der Waals surface area contributed by atoms with Gasteiger partial charge >= 0.3 is 0 Å². The van der Waals surface area contributed by atoms with E-state index in [1.807, 2.05) is 42.2 Å². The maximum atomic E-state index is 13.3. The van der Waals surface area contributed by atoms with Crippen molar-refractivity contribution in [2.75, 3.05) is 26.2 Å². The van der Waals surface area contributed by atoms with Crippen LogP contribution in [0.4, 0.5) is 0 Å². The zero-order valence-electron chi connectivity index (χ0n) is 16.0. The Kier molecular flexibility index (Phi) is 4.57. The highest BCUT2D eigenvalue weighted by atomic mass is 32.1. The minimum absolute atomic E-state index is 0.0344. The van der Waals surface area contributed by atoms with E-state index in [-0.39, 0.29) is 5.91 Å². The molecular weight excluding hydrogens is 384 g/mol. The van der Waals surface area contributed by atoms with Crippen molar-refractivity contribution in [1.82, 2.24) is 30.4 Å². The monoisotopic (exact) mass is 404 g/mol. The van der Waals surface area contributed by atoms with Crippen LogP contribution in [-0.4, -0.2) is 57.2 Å². The minimum atomic E-state index is -0.0344. The standard InChI is InChI=1S/C21H20N6OS/c1-13-4-2-6-15-16(13)25-26-17(15)20-24-18(21(28)27-10-8-22-9-11-27)19(29-20)14-5-3-7-23-12-14/h2-7,12,22H,8-11H2,1H3,(H,25,26). The first-order valence-electron chi connectivity index (χ1n) is 9.57. The second kappa shape index (κ2) is 7.38. The number of para-hydroxylation sites is 1. The summed E-state index contributed by atoms with van der Waals surface area (Å²) in [5.74, 6) is -0.0344. The van der Waals surface area contributed by atoms with E-state index >= 15 is 0 Å². The Hall–Kier alpha value is -3.10. The minimum Gasteiger partial charge on any atom is -0.335 e. The first-order valence-corrected chi connectivity index (χ1v) is 10.4. The van der Waals surface area contributed by atoms with Crippen LogP contribution >= 0.6 is 11.3 Å². The Bertz CT molecular complexity index is 1180. The number of carbonyl (C=O) groups excluding carboxylic acids is 1. The lowest BCUT2D eigenvalue weighted by atomic mass is 10.1. The zero-order valence-corrected chi connectivity index (χ0v) is 16.8. The van der Waals surface area contributed by atoms with Crippen molar-refractivity contribution in [2.24, 2.45) is 0 Å². The lowest BCUT2D eigenvalue weighted by Crippen LogP contribution is -2.46. The van der Waals surface area contributed by atoms with Gasteiger partial charge in [0.15, 0.2) is 0 Å². The Morgan fingerprint density at radius 2 is 2.03 bits per heavy atom. The van der Waals surface area contributed by atoms with Crippen LogP contribution in [0.3, 0.4) is 0 Å². The number of aryl methyl sites for hydroxylation is 1. The van der Waals surface area contributed by atoms with Crippen LogP contribution in [0.2, 0.25) is 0 Å². The summed E-state index contributed by atoms with van der Waals surface area (Å²) in [6.45, 7) is 5.01. The normalized spacial score (nSPS) is 14.4. The third-order valence-electron chi connectivity index (χ3n) is 5.16. The largest absolute Gasteiger partial charge is 0.335 e. The molecule has 1 amide bonds. The number of benzene rings is 1. The second-order valence-corrected chi connectivity index (χ2v) is 8.05. The molecule has 2 N–H and O–H groups in total. The number of aromatic nitrogens is 4. The molecule has 1 aliphatic rings. The van der Waals surface area contributed by atoms with Crippen LogP contribution in [0.15, 0.2) is 42.7 Å². The third-order valence-corrected chi connectivity index (χ3v) is 6.28. The summed E-state index contributed by atoms with van der Waals surface area (Å²) in [5.41, 5.74) is 4.25. The fraction of sp³-hybridized carbons (Fsp3) is 0.238. The molecule has 4 heterocycles. The van der Waals surface area contributed by atoms with E-state index in [4.69, 9.17) is 4.98 Å². The average molecular weight is 404 g/mol. The van der Waals surface area contributed by atoms with Gasteiger partial charge in [-0.2, -0.15) is 5.10 Å². The Morgan fingerprint density at radius 3 is 2.83 bits per heavy atom. The third kappa shape index (κ3) is 3.20. The van der Waals surface area contributed by atoms with Gasteiger partial charge in [-0.3, -0.25) is 14.9 Å². The van der Waals surface area contributed by atoms with Gasteiger partial charge in [-0.25, -0.2) is 4.98 Å². The molecule has 3 aromatic heterocycles. The second-order valence-electron chi connectivity index (χ2n) is 7.05. The fourth-order valence-corrected chi connectivity index (χ4v) is 4.68. The molecule has 8 heteroatoms. The summed E-state index contributed by atoms with van der Waals surface area (Å²) in [4.78, 5) is 25.0. The molecule has 7 nitrogen and oxygen atoms in total. The molecule has 4 aromatic rings. The number of hydrogen-bond acceptors (Lipinski definition) is 6. The van der Waals surface area contributed by atoms with Crippen molar-refractivity contribution >= 4 is 28.1 Å². The Morgan fingerprint density at radius 1 is 1.17 bits per heavy atom. The SMILES string of the molecule is Cc1cccc2c(-c3nc(C(=O)N4CCNCC4)c(-c4cccnc4)s3)[nH]nc12. The van der Waals surface area contributed by atoms with Crippen molar-refractivity contribution in [2.45, 2.75) is 6.92 Å². The van der Waals surface area contributed by atoms with Gasteiger partial charge in [0.2, 0.25) is 0 Å². The number of hydrogen-bond donors (Lipinski definition) is 2. The molecule has 0 bridgehead atoms. The molecule has 1 saturated heterocycles. The number of aromatic amines is 1. The number of thiazole rings is 1. The van der Waals surface area contributed by atoms with E-state index < -0.39 is 0 Å². The summed E-state index contributed by atoms with van der Waals surface area (Å²) in [5, 5.41) is 12.7. The molecule has 0 radical (unpaired) electrons. The summed E-state index contributed by atoms with van der Waals surface area (Å²) in [6.07, 6.45) is 3.51. The van der Waals surface area contributed by atoms with Crippen molar-refractivity contribution in [3.05, 3.63) is 54.0 Å². The van der Waals surface area contributed by atoms with Crippen LogP contribution in [0.1, 0.15) is 16.1 Å². The van der Waals surface area contributed by atoms with Gasteiger partial charge < -0.3 is 10.2 Å². The number of amides is 1. The fourth-order valence-electron chi connectivity index (χ4n) is 3.63. The quantitative estimate of drug-likeness (QED) is 0.548. The molecule has 1 aromatic carbocycles. The van der Waals surface area contributed by atoms with Gasteiger partial charge in [-0.1, -0.05) is 24.3 Å². The molecule has 0 spiro atoms. The van der Waals surface area contributed by atoms with E-state index in [2.05, 4.69) is 20.5 Å². The summed E-state index contributed by atoms with van der Waals surface area (Å²) >= 11 is 1.50. The maximum absolute atomic E-state index is 13.3. The molecule has 146 valence electrons. The zero-order chi connectivity index (χ0) is 19.8. The van der Waals surface area contributed by atoms with Crippen LogP contribution in [0, 0.1) is 6.92 Å². The number of pyridine rings is 1. The van der Waals surface area contributed by atoms with Crippen molar-refractivity contribution < 1.29 is 4.79 Å². The van der Waals surface area contributed by atoms with E-state index in [1.54, 1.807) is 12.4 Å². The number of piperazine rings is 1. The molecule has 29 heavy (non-hydrogen) atoms. The molecule has 5 rings (SSSR count). The van der Waals surface area contributed by atoms with E-state index in [0.29, 0.717) is 18.8 Å². The molecule has 0 saturated carbocycles. The first kappa shape index (κ1) is 18.0. The molecule has 0 aliphatic carbocycles. The topological polar surface area (TPSA) is 86.8 Å². The Balaban J connectivity index is 1.64. The summed E-state index contributed by atoms with van der Waals surface area (Å²) in [7, 11) is 0. The summed E-state index contributed by atoms with van der Waals surface area (Å²) < 4.78 is 0. The van der Waals surface area contributed by atoms with Gasteiger partial charge in [-0.15, -0.1) is 11.3 Å². The number of carbonyl (C=O) groups is 1. The van der Waals surface area contributed by atoms with E-state index in [0.717, 1.165) is 50.7 Å². The number of nitrogens with zero attached hydrogens (tertiary/aromatic N) is 4. The molecular formula is C21H20N6OS. The summed E-state index contributed by atoms with van der Waals surface area (Å²) in [6, 6.07) is 9.93.